The van der Waals surface area contributed by atoms with Gasteiger partial charge in [0.1, 0.15) is 5.82 Å². The van der Waals surface area contributed by atoms with Crippen LogP contribution < -0.4 is 16.0 Å². The van der Waals surface area contributed by atoms with Crippen LogP contribution in [-0.2, 0) is 22.4 Å². The van der Waals surface area contributed by atoms with Gasteiger partial charge in [-0.3, -0.25) is 4.79 Å². The quantitative estimate of drug-likeness (QED) is 0.801. The van der Waals surface area contributed by atoms with Crippen LogP contribution in [0.2, 0.25) is 0 Å². The Balaban J connectivity index is 1.33. The Morgan fingerprint density at radius 1 is 1.21 bits per heavy atom. The second-order valence-corrected chi connectivity index (χ2v) is 9.20. The molecule has 5 rings (SSSR count). The first-order chi connectivity index (χ1) is 13.6. The van der Waals surface area contributed by atoms with E-state index in [1.165, 1.54) is 18.4 Å². The van der Waals surface area contributed by atoms with Crippen molar-refractivity contribution in [3.8, 4) is 0 Å². The van der Waals surface area contributed by atoms with Crippen LogP contribution in [0.4, 0.5) is 11.8 Å². The van der Waals surface area contributed by atoms with Crippen LogP contribution >= 0.6 is 0 Å². The van der Waals surface area contributed by atoms with Gasteiger partial charge in [0, 0.05) is 32.2 Å². The molecule has 1 aromatic rings. The largest absolute Gasteiger partial charge is 0.376 e. The molecule has 1 amide bonds. The molecule has 4 aliphatic rings. The number of nitrogens with zero attached hydrogens (tertiary/aromatic N) is 3. The Hall–Kier alpha value is -1.89. The van der Waals surface area contributed by atoms with Crippen molar-refractivity contribution in [1.29, 1.82) is 0 Å². The summed E-state index contributed by atoms with van der Waals surface area (Å²) in [5.41, 5.74) is 8.44. The smallest absolute Gasteiger partial charge is 0.222 e. The average molecular weight is 386 g/mol. The van der Waals surface area contributed by atoms with E-state index in [1.54, 1.807) is 6.92 Å². The standard InChI is InChI=1S/C21H31N5O2/c1-12(27)23-18-7-14-9-26(10-15(14)8-19(18)28-11-13-5-6-13)20-16-3-2-4-17(16)24-21(22)25-20/h13-15,18-19H,2-11H2,1H3,(H,23,27)(H2,22,24,25)/t14-,15+,18-,19-/m0/s1. The van der Waals surface area contributed by atoms with E-state index in [-0.39, 0.29) is 18.1 Å². The van der Waals surface area contributed by atoms with Crippen molar-refractivity contribution >= 4 is 17.7 Å². The third-order valence-corrected chi connectivity index (χ3v) is 6.98. The molecule has 1 aromatic heterocycles. The van der Waals surface area contributed by atoms with Crippen molar-refractivity contribution in [2.45, 2.75) is 64.0 Å². The number of hydrogen-bond donors (Lipinski definition) is 2. The molecule has 2 heterocycles. The third kappa shape index (κ3) is 3.56. The normalized spacial score (nSPS) is 31.5. The van der Waals surface area contributed by atoms with E-state index < -0.39 is 0 Å². The number of nitrogens with one attached hydrogen (secondary N) is 1. The van der Waals surface area contributed by atoms with Crippen LogP contribution in [-0.4, -0.2) is 47.7 Å². The zero-order valence-electron chi connectivity index (χ0n) is 16.7. The summed E-state index contributed by atoms with van der Waals surface area (Å²) in [6.07, 6.45) is 7.92. The Bertz CT molecular complexity index is 765. The van der Waals surface area contributed by atoms with Crippen LogP contribution in [0.1, 0.15) is 50.3 Å². The zero-order valence-corrected chi connectivity index (χ0v) is 16.7. The first kappa shape index (κ1) is 18.2. The average Bonchev–Trinajstić information content (AvgIpc) is 3.19. The summed E-state index contributed by atoms with van der Waals surface area (Å²) in [6.45, 7) is 4.44. The molecule has 1 saturated heterocycles. The highest BCUT2D eigenvalue weighted by molar-refractivity contribution is 5.73. The number of carbonyl (C=O) groups excluding carboxylic acids is 1. The van der Waals surface area contributed by atoms with Crippen molar-refractivity contribution in [2.24, 2.45) is 17.8 Å². The van der Waals surface area contributed by atoms with E-state index in [0.29, 0.717) is 17.8 Å². The second kappa shape index (κ2) is 7.17. The molecule has 0 bridgehead atoms. The molecular weight excluding hydrogens is 354 g/mol. The number of fused-ring (bicyclic) bond motifs is 2. The number of carbonyl (C=O) groups is 1. The van der Waals surface area contributed by atoms with Crippen LogP contribution in [0.3, 0.4) is 0 Å². The Morgan fingerprint density at radius 2 is 2.00 bits per heavy atom. The van der Waals surface area contributed by atoms with Gasteiger partial charge in [-0.15, -0.1) is 0 Å². The van der Waals surface area contributed by atoms with Gasteiger partial charge >= 0.3 is 0 Å². The maximum Gasteiger partial charge on any atom is 0.222 e. The molecule has 0 spiro atoms. The summed E-state index contributed by atoms with van der Waals surface area (Å²) in [5.74, 6) is 3.38. The van der Waals surface area contributed by atoms with Gasteiger partial charge in [0.25, 0.3) is 0 Å². The van der Waals surface area contributed by atoms with E-state index in [0.717, 1.165) is 69.2 Å². The molecule has 3 fully saturated rings. The number of anilines is 2. The fourth-order valence-corrected chi connectivity index (χ4v) is 5.42. The van der Waals surface area contributed by atoms with E-state index in [2.05, 4.69) is 20.2 Å². The zero-order chi connectivity index (χ0) is 19.3. The SMILES string of the molecule is CC(=O)N[C@H]1C[C@H]2CN(c3nc(N)nc4c3CCC4)C[C@H]2C[C@@H]1OCC1CC1. The van der Waals surface area contributed by atoms with Crippen molar-refractivity contribution in [2.75, 3.05) is 30.3 Å². The molecule has 3 N–H and O–H groups in total. The first-order valence-electron chi connectivity index (χ1n) is 10.9. The highest BCUT2D eigenvalue weighted by Gasteiger charge is 2.44. The lowest BCUT2D eigenvalue weighted by atomic mass is 9.77. The molecule has 0 radical (unpaired) electrons. The summed E-state index contributed by atoms with van der Waals surface area (Å²) >= 11 is 0. The van der Waals surface area contributed by atoms with Gasteiger partial charge in [0.05, 0.1) is 17.8 Å². The molecular formula is C21H31N5O2. The van der Waals surface area contributed by atoms with Gasteiger partial charge in [-0.1, -0.05) is 0 Å². The number of ether oxygens (including phenoxy) is 1. The van der Waals surface area contributed by atoms with Crippen LogP contribution in [0.15, 0.2) is 0 Å². The number of amides is 1. The number of rotatable bonds is 5. The molecule has 7 heteroatoms. The minimum atomic E-state index is 0.0414. The van der Waals surface area contributed by atoms with Gasteiger partial charge in [0.15, 0.2) is 0 Å². The van der Waals surface area contributed by atoms with E-state index >= 15 is 0 Å². The fourth-order valence-electron chi connectivity index (χ4n) is 5.42. The lowest BCUT2D eigenvalue weighted by Crippen LogP contribution is -2.50. The minimum Gasteiger partial charge on any atom is -0.376 e. The number of hydrogen-bond acceptors (Lipinski definition) is 6. The van der Waals surface area contributed by atoms with Crippen molar-refractivity contribution in [3.05, 3.63) is 11.3 Å². The summed E-state index contributed by atoms with van der Waals surface area (Å²) < 4.78 is 6.28. The lowest BCUT2D eigenvalue weighted by Gasteiger charge is -2.38. The van der Waals surface area contributed by atoms with Crippen molar-refractivity contribution in [3.63, 3.8) is 0 Å². The lowest BCUT2D eigenvalue weighted by molar-refractivity contribution is -0.122. The maximum absolute atomic E-state index is 11.7. The molecule has 1 aliphatic heterocycles. The number of aryl methyl sites for hydroxylation is 1. The Morgan fingerprint density at radius 3 is 2.75 bits per heavy atom. The third-order valence-electron chi connectivity index (χ3n) is 6.98. The van der Waals surface area contributed by atoms with Gasteiger partial charge in [0.2, 0.25) is 11.9 Å². The second-order valence-electron chi connectivity index (χ2n) is 9.20. The summed E-state index contributed by atoms with van der Waals surface area (Å²) in [6, 6.07) is 0.124. The number of nitrogen functional groups attached to an aromatic ring is 1. The highest BCUT2D eigenvalue weighted by atomic mass is 16.5. The summed E-state index contributed by atoms with van der Waals surface area (Å²) in [5, 5.41) is 3.17. The van der Waals surface area contributed by atoms with Crippen molar-refractivity contribution in [1.82, 2.24) is 15.3 Å². The van der Waals surface area contributed by atoms with E-state index in [1.807, 2.05) is 0 Å². The molecule has 2 saturated carbocycles. The molecule has 7 nitrogen and oxygen atoms in total. The number of aromatic nitrogens is 2. The van der Waals surface area contributed by atoms with Gasteiger partial charge in [-0.25, -0.2) is 4.98 Å². The fraction of sp³-hybridized carbons (Fsp3) is 0.762. The monoisotopic (exact) mass is 385 g/mol. The molecule has 3 aliphatic carbocycles. The van der Waals surface area contributed by atoms with Gasteiger partial charge in [-0.05, 0) is 62.7 Å². The minimum absolute atomic E-state index is 0.0414. The van der Waals surface area contributed by atoms with Crippen LogP contribution in [0.5, 0.6) is 0 Å². The van der Waals surface area contributed by atoms with Crippen LogP contribution in [0, 0.1) is 17.8 Å². The van der Waals surface area contributed by atoms with Crippen LogP contribution in [0.25, 0.3) is 0 Å². The van der Waals surface area contributed by atoms with Gasteiger partial charge in [-0.2, -0.15) is 4.98 Å². The predicted octanol–water partition coefficient (Wildman–Crippen LogP) is 1.69. The molecule has 152 valence electrons. The summed E-state index contributed by atoms with van der Waals surface area (Å²) in [7, 11) is 0. The predicted molar refractivity (Wildman–Crippen MR) is 107 cm³/mol. The maximum atomic E-state index is 11.7. The molecule has 0 aromatic carbocycles. The Labute approximate surface area is 166 Å². The van der Waals surface area contributed by atoms with E-state index in [9.17, 15) is 4.79 Å². The molecule has 0 unspecified atom stereocenters. The molecule has 28 heavy (non-hydrogen) atoms. The van der Waals surface area contributed by atoms with Crippen molar-refractivity contribution < 1.29 is 9.53 Å². The van der Waals surface area contributed by atoms with Gasteiger partial charge < -0.3 is 20.7 Å². The highest BCUT2D eigenvalue weighted by Crippen LogP contribution is 2.41. The first-order valence-corrected chi connectivity index (χ1v) is 10.9. The summed E-state index contributed by atoms with van der Waals surface area (Å²) in [4.78, 5) is 23.2. The Kier molecular flexibility index (Phi) is 4.65. The molecule has 4 atom stereocenters. The van der Waals surface area contributed by atoms with E-state index in [4.69, 9.17) is 10.5 Å². The topological polar surface area (TPSA) is 93.4 Å². The number of nitrogens with two attached hydrogens (primary N) is 1.